The maximum atomic E-state index is 12.5. The standard InChI is InChI=1S/C15H21N5O3S2/c1-7-17-14(19-18-7)24-6-8-5-9(13(22)23-15(2,3)4)20-11(21)10(16)12(20)25-8/h5,8,10,12H,6,16H2,1-4H3,(H,17,18,19)/t8?,10?,12-/m0/s1. The zero-order valence-corrected chi connectivity index (χ0v) is 16.1. The van der Waals surface area contributed by atoms with Crippen LogP contribution < -0.4 is 5.73 Å². The molecule has 0 radical (unpaired) electrons. The predicted molar refractivity (Wildman–Crippen MR) is 95.8 cm³/mol. The van der Waals surface area contributed by atoms with Crippen LogP contribution in [0.3, 0.4) is 0 Å². The van der Waals surface area contributed by atoms with E-state index in [1.807, 2.05) is 6.92 Å². The Labute approximate surface area is 154 Å². The Bertz CT molecular complexity index is 727. The summed E-state index contributed by atoms with van der Waals surface area (Å²) in [7, 11) is 0. The summed E-state index contributed by atoms with van der Waals surface area (Å²) in [6, 6.07) is -0.589. The number of nitrogens with two attached hydrogens (primary N) is 1. The van der Waals surface area contributed by atoms with E-state index in [1.165, 1.54) is 16.7 Å². The third kappa shape index (κ3) is 3.85. The molecule has 8 nitrogen and oxygen atoms in total. The number of H-pyrrole nitrogens is 1. The number of aromatic amines is 1. The van der Waals surface area contributed by atoms with Gasteiger partial charge in [-0.05, 0) is 33.8 Å². The quantitative estimate of drug-likeness (QED) is 0.450. The van der Waals surface area contributed by atoms with Gasteiger partial charge in [-0.25, -0.2) is 9.78 Å². The fourth-order valence-corrected chi connectivity index (χ4v) is 4.92. The van der Waals surface area contributed by atoms with E-state index in [-0.39, 0.29) is 22.2 Å². The Morgan fingerprint density at radius 2 is 2.24 bits per heavy atom. The molecule has 1 saturated heterocycles. The SMILES string of the molecule is Cc1nc(SCC2C=C(C(=O)OC(C)(C)C)N3C(=O)C(N)[C@@H]3S2)n[nH]1. The summed E-state index contributed by atoms with van der Waals surface area (Å²) in [5, 5.41) is 7.32. The van der Waals surface area contributed by atoms with Gasteiger partial charge in [-0.1, -0.05) is 11.8 Å². The van der Waals surface area contributed by atoms with Crippen molar-refractivity contribution in [1.29, 1.82) is 0 Å². The molecule has 0 bridgehead atoms. The summed E-state index contributed by atoms with van der Waals surface area (Å²) in [5.41, 5.74) is 5.56. The number of nitrogens with zero attached hydrogens (tertiary/aromatic N) is 3. The predicted octanol–water partition coefficient (Wildman–Crippen LogP) is 1.04. The fraction of sp³-hybridized carbons (Fsp3) is 0.600. The zero-order valence-electron chi connectivity index (χ0n) is 14.5. The first-order chi connectivity index (χ1) is 11.7. The van der Waals surface area contributed by atoms with Crippen molar-refractivity contribution in [2.75, 3.05) is 5.75 Å². The van der Waals surface area contributed by atoms with E-state index in [0.717, 1.165) is 5.82 Å². The first-order valence-electron chi connectivity index (χ1n) is 7.87. The fourth-order valence-electron chi connectivity index (χ4n) is 2.49. The number of fused-ring (bicyclic) bond motifs is 1. The van der Waals surface area contributed by atoms with Crippen LogP contribution in [0, 0.1) is 6.92 Å². The smallest absolute Gasteiger partial charge is 0.355 e. The van der Waals surface area contributed by atoms with Crippen LogP contribution in [0.4, 0.5) is 0 Å². The largest absolute Gasteiger partial charge is 0.455 e. The second kappa shape index (κ2) is 6.65. The van der Waals surface area contributed by atoms with Crippen molar-refractivity contribution in [3.05, 3.63) is 17.6 Å². The number of thioether (sulfide) groups is 2. The summed E-state index contributed by atoms with van der Waals surface area (Å²) in [5.74, 6) is 0.674. The lowest BCUT2D eigenvalue weighted by Crippen LogP contribution is -2.68. The molecule has 0 saturated carbocycles. The molecular formula is C15H21N5O3S2. The third-order valence-electron chi connectivity index (χ3n) is 3.56. The molecule has 136 valence electrons. The first-order valence-corrected chi connectivity index (χ1v) is 9.79. The number of hydrogen-bond acceptors (Lipinski definition) is 8. The molecule has 0 spiro atoms. The number of amides is 1. The van der Waals surface area contributed by atoms with Gasteiger partial charge in [0.25, 0.3) is 0 Å². The van der Waals surface area contributed by atoms with Crippen molar-refractivity contribution >= 4 is 35.4 Å². The van der Waals surface area contributed by atoms with Crippen molar-refractivity contribution in [3.8, 4) is 0 Å². The second-order valence-corrected chi connectivity index (χ2v) is 9.22. The number of aromatic nitrogens is 3. The van der Waals surface area contributed by atoms with E-state index < -0.39 is 17.6 Å². The minimum Gasteiger partial charge on any atom is -0.455 e. The molecule has 1 amide bonds. The minimum atomic E-state index is -0.630. The van der Waals surface area contributed by atoms with Gasteiger partial charge in [0.2, 0.25) is 11.1 Å². The second-order valence-electron chi connectivity index (χ2n) is 6.87. The van der Waals surface area contributed by atoms with E-state index in [4.69, 9.17) is 10.5 Å². The number of hydrogen-bond donors (Lipinski definition) is 2. The topological polar surface area (TPSA) is 114 Å². The van der Waals surface area contributed by atoms with Crippen molar-refractivity contribution in [1.82, 2.24) is 20.1 Å². The summed E-state index contributed by atoms with van der Waals surface area (Å²) >= 11 is 3.06. The van der Waals surface area contributed by atoms with Crippen LogP contribution in [0.1, 0.15) is 26.6 Å². The van der Waals surface area contributed by atoms with Gasteiger partial charge in [0, 0.05) is 11.0 Å². The molecule has 0 aromatic carbocycles. The minimum absolute atomic E-state index is 0.00623. The molecule has 2 aliphatic heterocycles. The van der Waals surface area contributed by atoms with Gasteiger partial charge in [0.05, 0.1) is 0 Å². The summed E-state index contributed by atoms with van der Waals surface area (Å²) in [4.78, 5) is 30.3. The number of carbonyl (C=O) groups is 2. The van der Waals surface area contributed by atoms with Gasteiger partial charge >= 0.3 is 5.97 Å². The molecule has 1 fully saturated rings. The van der Waals surface area contributed by atoms with Gasteiger partial charge < -0.3 is 10.5 Å². The lowest BCUT2D eigenvalue weighted by Gasteiger charge is -2.48. The lowest BCUT2D eigenvalue weighted by atomic mass is 10.1. The average molecular weight is 383 g/mol. The van der Waals surface area contributed by atoms with Crippen LogP contribution in [0.5, 0.6) is 0 Å². The molecule has 3 N–H and O–H groups in total. The van der Waals surface area contributed by atoms with Crippen molar-refractivity contribution in [3.63, 3.8) is 0 Å². The number of ether oxygens (including phenoxy) is 1. The number of aryl methyl sites for hydroxylation is 1. The van der Waals surface area contributed by atoms with Crippen molar-refractivity contribution < 1.29 is 14.3 Å². The maximum Gasteiger partial charge on any atom is 0.355 e. The maximum absolute atomic E-state index is 12.5. The number of carbonyl (C=O) groups excluding carboxylic acids is 2. The molecule has 10 heteroatoms. The Morgan fingerprint density at radius 3 is 2.84 bits per heavy atom. The normalized spacial score (nSPS) is 26.0. The molecule has 2 unspecified atom stereocenters. The van der Waals surface area contributed by atoms with Gasteiger partial charge in [-0.15, -0.1) is 16.9 Å². The van der Waals surface area contributed by atoms with Gasteiger partial charge in [-0.3, -0.25) is 14.8 Å². The Morgan fingerprint density at radius 1 is 1.52 bits per heavy atom. The lowest BCUT2D eigenvalue weighted by molar-refractivity contribution is -0.157. The summed E-state index contributed by atoms with van der Waals surface area (Å²) in [6.45, 7) is 7.22. The molecule has 3 atom stereocenters. The zero-order chi connectivity index (χ0) is 18.4. The molecule has 25 heavy (non-hydrogen) atoms. The van der Waals surface area contributed by atoms with Crippen molar-refractivity contribution in [2.45, 2.75) is 55.1 Å². The van der Waals surface area contributed by atoms with Crippen LogP contribution in [0.25, 0.3) is 0 Å². The Hall–Kier alpha value is -1.52. The molecule has 2 aliphatic rings. The Kier molecular flexibility index (Phi) is 4.86. The van der Waals surface area contributed by atoms with Crippen LogP contribution in [0.2, 0.25) is 0 Å². The van der Waals surface area contributed by atoms with Crippen LogP contribution in [-0.2, 0) is 14.3 Å². The first kappa shape index (κ1) is 18.3. The number of rotatable bonds is 4. The summed E-state index contributed by atoms with van der Waals surface area (Å²) in [6.07, 6.45) is 1.78. The van der Waals surface area contributed by atoms with E-state index in [9.17, 15) is 9.59 Å². The third-order valence-corrected chi connectivity index (χ3v) is 6.18. The molecule has 3 rings (SSSR count). The van der Waals surface area contributed by atoms with Crippen LogP contribution >= 0.6 is 23.5 Å². The highest BCUT2D eigenvalue weighted by atomic mass is 32.2. The molecule has 3 heterocycles. The molecule has 0 aliphatic carbocycles. The van der Waals surface area contributed by atoms with Gasteiger partial charge in [0.15, 0.2) is 0 Å². The van der Waals surface area contributed by atoms with Crippen LogP contribution in [-0.4, -0.2) is 60.0 Å². The van der Waals surface area contributed by atoms with E-state index >= 15 is 0 Å². The van der Waals surface area contributed by atoms with Crippen molar-refractivity contribution in [2.24, 2.45) is 5.73 Å². The van der Waals surface area contributed by atoms with E-state index in [2.05, 4.69) is 15.2 Å². The van der Waals surface area contributed by atoms with E-state index in [1.54, 1.807) is 38.6 Å². The number of esters is 1. The number of β-lactam (4-membered cyclic amide) rings is 1. The molecule has 1 aromatic rings. The molecular weight excluding hydrogens is 362 g/mol. The average Bonchev–Trinajstić information content (AvgIpc) is 2.95. The Balaban J connectivity index is 1.76. The van der Waals surface area contributed by atoms with E-state index in [0.29, 0.717) is 10.9 Å². The highest BCUT2D eigenvalue weighted by molar-refractivity contribution is 8.03. The summed E-state index contributed by atoms with van der Waals surface area (Å²) < 4.78 is 5.44. The van der Waals surface area contributed by atoms with Crippen LogP contribution in [0.15, 0.2) is 16.9 Å². The monoisotopic (exact) mass is 383 g/mol. The highest BCUT2D eigenvalue weighted by Crippen LogP contribution is 2.41. The highest BCUT2D eigenvalue weighted by Gasteiger charge is 2.52. The number of nitrogens with one attached hydrogen (secondary N) is 1. The molecule has 1 aromatic heterocycles. The van der Waals surface area contributed by atoms with Gasteiger partial charge in [0.1, 0.15) is 28.5 Å². The van der Waals surface area contributed by atoms with Gasteiger partial charge in [-0.2, -0.15) is 0 Å².